The first-order valence-corrected chi connectivity index (χ1v) is 12.7. The van der Waals surface area contributed by atoms with E-state index in [-0.39, 0.29) is 18.4 Å². The molecule has 6 nitrogen and oxygen atoms in total. The Kier molecular flexibility index (Phi) is 8.26. The average molecular weight is 489 g/mol. The number of nitrogens with one attached hydrogen (secondary N) is 1. The van der Waals surface area contributed by atoms with Gasteiger partial charge in [0.15, 0.2) is 0 Å². The molecule has 6 heteroatoms. The molecule has 1 aromatic heterocycles. The number of benzene rings is 2. The first-order chi connectivity index (χ1) is 17.3. The molecule has 0 unspecified atom stereocenters. The summed E-state index contributed by atoms with van der Waals surface area (Å²) in [5.74, 6) is 0.552. The van der Waals surface area contributed by atoms with Crippen LogP contribution in [-0.4, -0.2) is 36.5 Å². The van der Waals surface area contributed by atoms with Crippen molar-refractivity contribution in [2.45, 2.75) is 59.5 Å². The summed E-state index contributed by atoms with van der Waals surface area (Å²) in [5.41, 5.74) is 4.52. The zero-order valence-electron chi connectivity index (χ0n) is 21.7. The van der Waals surface area contributed by atoms with E-state index in [1.54, 1.807) is 0 Å². The molecule has 190 valence electrons. The molecule has 1 fully saturated rings. The van der Waals surface area contributed by atoms with Gasteiger partial charge in [0.05, 0.1) is 12.0 Å². The Morgan fingerprint density at radius 2 is 1.81 bits per heavy atom. The summed E-state index contributed by atoms with van der Waals surface area (Å²) in [6.07, 6.45) is 3.82. The maximum Gasteiger partial charge on any atom is 0.340 e. The molecular weight excluding hydrogens is 452 g/mol. The van der Waals surface area contributed by atoms with Crippen LogP contribution in [0.2, 0.25) is 0 Å². The monoisotopic (exact) mass is 488 g/mol. The molecule has 36 heavy (non-hydrogen) atoms. The Bertz CT molecular complexity index is 1300. The molecule has 0 aliphatic carbocycles. The second-order valence-electron chi connectivity index (χ2n) is 9.93. The molecule has 0 radical (unpaired) electrons. The van der Waals surface area contributed by atoms with Crippen LogP contribution in [0, 0.1) is 13.8 Å². The summed E-state index contributed by atoms with van der Waals surface area (Å²) in [5, 5.41) is 3.97. The molecule has 0 spiro atoms. The minimum Gasteiger partial charge on any atom is -0.489 e. The third-order valence-electron chi connectivity index (χ3n) is 6.92. The van der Waals surface area contributed by atoms with Gasteiger partial charge in [0.2, 0.25) is 5.91 Å². The molecule has 1 N–H and O–H groups in total. The van der Waals surface area contributed by atoms with Crippen molar-refractivity contribution < 1.29 is 13.9 Å². The van der Waals surface area contributed by atoms with E-state index >= 15 is 0 Å². The molecule has 1 aliphatic heterocycles. The summed E-state index contributed by atoms with van der Waals surface area (Å²) in [4.78, 5) is 28.1. The van der Waals surface area contributed by atoms with Crippen LogP contribution in [0.15, 0.2) is 63.3 Å². The standard InChI is InChI=1S/C30H36N2O4/c1-20(2)14-17-35-27-11-10-25-21(3)26(30(34)36-29(25)22(27)4)18-28(33)31-24-12-15-32(16-13-24)19-23-8-6-5-7-9-23/h5-11,14,24H,12-13,15-19H2,1-4H3,(H,31,33). The molecular formula is C30H36N2O4. The highest BCUT2D eigenvalue weighted by Crippen LogP contribution is 2.29. The maximum atomic E-state index is 12.9. The van der Waals surface area contributed by atoms with Crippen molar-refractivity contribution in [1.29, 1.82) is 0 Å². The van der Waals surface area contributed by atoms with E-state index in [0.717, 1.165) is 49.0 Å². The van der Waals surface area contributed by atoms with Crippen LogP contribution in [0.25, 0.3) is 11.0 Å². The van der Waals surface area contributed by atoms with E-state index in [9.17, 15) is 9.59 Å². The van der Waals surface area contributed by atoms with Gasteiger partial charge < -0.3 is 14.5 Å². The van der Waals surface area contributed by atoms with Crippen LogP contribution in [0.3, 0.4) is 0 Å². The van der Waals surface area contributed by atoms with E-state index in [1.165, 1.54) is 11.1 Å². The summed E-state index contributed by atoms with van der Waals surface area (Å²) < 4.78 is 11.5. The van der Waals surface area contributed by atoms with E-state index in [2.05, 4.69) is 34.5 Å². The quantitative estimate of drug-likeness (QED) is 0.354. The normalized spacial score (nSPS) is 14.6. The lowest BCUT2D eigenvalue weighted by atomic mass is 10.00. The van der Waals surface area contributed by atoms with E-state index in [1.807, 2.05) is 52.0 Å². The van der Waals surface area contributed by atoms with Gasteiger partial charge in [-0.3, -0.25) is 9.69 Å². The minimum absolute atomic E-state index is 0.0200. The van der Waals surface area contributed by atoms with Gasteiger partial charge >= 0.3 is 5.63 Å². The Hall–Kier alpha value is -3.38. The smallest absolute Gasteiger partial charge is 0.340 e. The van der Waals surface area contributed by atoms with Crippen molar-refractivity contribution in [3.05, 3.63) is 86.8 Å². The minimum atomic E-state index is -0.461. The zero-order chi connectivity index (χ0) is 25.7. The number of carbonyl (C=O) groups is 1. The lowest BCUT2D eigenvalue weighted by molar-refractivity contribution is -0.121. The number of likely N-dealkylation sites (tertiary alicyclic amines) is 1. The van der Waals surface area contributed by atoms with Gasteiger partial charge in [-0.15, -0.1) is 0 Å². The Balaban J connectivity index is 1.39. The Morgan fingerprint density at radius 3 is 2.50 bits per heavy atom. The Morgan fingerprint density at radius 1 is 1.08 bits per heavy atom. The van der Waals surface area contributed by atoms with Gasteiger partial charge in [0, 0.05) is 36.6 Å². The fourth-order valence-corrected chi connectivity index (χ4v) is 4.75. The highest BCUT2D eigenvalue weighted by Gasteiger charge is 2.23. The predicted molar refractivity (Wildman–Crippen MR) is 143 cm³/mol. The van der Waals surface area contributed by atoms with Gasteiger partial charge in [-0.2, -0.15) is 0 Å². The first kappa shape index (κ1) is 25.7. The molecule has 1 aliphatic rings. The van der Waals surface area contributed by atoms with E-state index in [4.69, 9.17) is 9.15 Å². The zero-order valence-corrected chi connectivity index (χ0v) is 21.7. The number of piperidine rings is 1. The van der Waals surface area contributed by atoms with E-state index in [0.29, 0.717) is 23.5 Å². The first-order valence-electron chi connectivity index (χ1n) is 12.7. The van der Waals surface area contributed by atoms with Crippen LogP contribution in [0.1, 0.15) is 48.9 Å². The highest BCUT2D eigenvalue weighted by atomic mass is 16.5. The van der Waals surface area contributed by atoms with Gasteiger partial charge in [-0.25, -0.2) is 4.79 Å². The van der Waals surface area contributed by atoms with Crippen LogP contribution in [0.4, 0.5) is 0 Å². The summed E-state index contributed by atoms with van der Waals surface area (Å²) in [7, 11) is 0. The van der Waals surface area contributed by atoms with Crippen LogP contribution in [0.5, 0.6) is 5.75 Å². The highest BCUT2D eigenvalue weighted by molar-refractivity contribution is 5.87. The molecule has 3 aromatic rings. The lowest BCUT2D eigenvalue weighted by Crippen LogP contribution is -2.45. The third-order valence-corrected chi connectivity index (χ3v) is 6.92. The number of nitrogens with zero attached hydrogens (tertiary/aromatic N) is 1. The molecule has 2 aromatic carbocycles. The molecule has 4 rings (SSSR count). The number of fused-ring (bicyclic) bond motifs is 1. The number of amides is 1. The van der Waals surface area contributed by atoms with Crippen molar-refractivity contribution in [3.8, 4) is 5.75 Å². The molecule has 0 bridgehead atoms. The summed E-state index contributed by atoms with van der Waals surface area (Å²) >= 11 is 0. The largest absolute Gasteiger partial charge is 0.489 e. The average Bonchev–Trinajstić information content (AvgIpc) is 2.85. The van der Waals surface area contributed by atoms with Gasteiger partial charge in [-0.1, -0.05) is 35.9 Å². The van der Waals surface area contributed by atoms with Crippen molar-refractivity contribution in [3.63, 3.8) is 0 Å². The molecule has 2 heterocycles. The molecule has 0 atom stereocenters. The van der Waals surface area contributed by atoms with Crippen LogP contribution < -0.4 is 15.7 Å². The number of aryl methyl sites for hydroxylation is 2. The number of ether oxygens (including phenoxy) is 1. The number of rotatable bonds is 8. The second-order valence-corrected chi connectivity index (χ2v) is 9.93. The van der Waals surface area contributed by atoms with Crippen LogP contribution in [-0.2, 0) is 17.8 Å². The number of hydrogen-bond acceptors (Lipinski definition) is 5. The lowest BCUT2D eigenvalue weighted by Gasteiger charge is -2.32. The second kappa shape index (κ2) is 11.6. The number of allylic oxidation sites excluding steroid dienone is 1. The topological polar surface area (TPSA) is 71.8 Å². The van der Waals surface area contributed by atoms with E-state index < -0.39 is 5.63 Å². The Labute approximate surface area is 212 Å². The van der Waals surface area contributed by atoms with Crippen molar-refractivity contribution in [2.75, 3.05) is 19.7 Å². The van der Waals surface area contributed by atoms with Crippen LogP contribution >= 0.6 is 0 Å². The number of hydrogen-bond donors (Lipinski definition) is 1. The SMILES string of the molecule is CC(C)=CCOc1ccc2c(C)c(CC(=O)NC3CCN(Cc4ccccc4)CC3)c(=O)oc2c1C. The fourth-order valence-electron chi connectivity index (χ4n) is 4.75. The van der Waals surface area contributed by atoms with Crippen molar-refractivity contribution in [2.24, 2.45) is 0 Å². The van der Waals surface area contributed by atoms with Gasteiger partial charge in [0.25, 0.3) is 0 Å². The summed E-state index contributed by atoms with van der Waals surface area (Å²) in [6.45, 7) is 11.1. The van der Waals surface area contributed by atoms with Gasteiger partial charge in [-0.05, 0) is 69.9 Å². The van der Waals surface area contributed by atoms with Crippen molar-refractivity contribution >= 4 is 16.9 Å². The molecule has 1 amide bonds. The number of carbonyl (C=O) groups excluding carboxylic acids is 1. The third kappa shape index (κ3) is 6.24. The molecule has 1 saturated heterocycles. The fraction of sp³-hybridized carbons (Fsp3) is 0.400. The van der Waals surface area contributed by atoms with Crippen molar-refractivity contribution in [1.82, 2.24) is 10.2 Å². The van der Waals surface area contributed by atoms with Gasteiger partial charge in [0.1, 0.15) is 17.9 Å². The maximum absolute atomic E-state index is 12.9. The summed E-state index contributed by atoms with van der Waals surface area (Å²) in [6, 6.07) is 14.4. The molecule has 0 saturated carbocycles. The predicted octanol–water partition coefficient (Wildman–Crippen LogP) is 5.08.